The maximum atomic E-state index is 10.5. The summed E-state index contributed by atoms with van der Waals surface area (Å²) in [6.07, 6.45) is 0.0367. The summed E-state index contributed by atoms with van der Waals surface area (Å²) in [5.41, 5.74) is 6.13. The Labute approximate surface area is 86.8 Å². The van der Waals surface area contributed by atoms with Crippen molar-refractivity contribution in [3.8, 4) is 5.75 Å². The fourth-order valence-corrected chi connectivity index (χ4v) is 1.26. The van der Waals surface area contributed by atoms with E-state index in [9.17, 15) is 9.90 Å². The minimum Gasteiger partial charge on any atom is -0.507 e. The lowest BCUT2D eigenvalue weighted by Crippen LogP contribution is -2.32. The molecule has 0 aliphatic carbocycles. The van der Waals surface area contributed by atoms with Gasteiger partial charge in [-0.2, -0.15) is 0 Å². The lowest BCUT2D eigenvalue weighted by molar-refractivity contribution is -0.138. The van der Waals surface area contributed by atoms with Crippen LogP contribution in [-0.4, -0.2) is 27.3 Å². The van der Waals surface area contributed by atoms with Crippen LogP contribution in [0.15, 0.2) is 18.2 Å². The highest BCUT2D eigenvalue weighted by Gasteiger charge is 2.15. The molecule has 0 heterocycles. The van der Waals surface area contributed by atoms with Gasteiger partial charge in [0.25, 0.3) is 0 Å². The number of benzene rings is 1. The van der Waals surface area contributed by atoms with Crippen molar-refractivity contribution >= 4 is 5.97 Å². The predicted molar refractivity (Wildman–Crippen MR) is 53.3 cm³/mol. The second-order valence-electron chi connectivity index (χ2n) is 3.23. The van der Waals surface area contributed by atoms with Crippen molar-refractivity contribution in [3.63, 3.8) is 0 Å². The van der Waals surface area contributed by atoms with Crippen molar-refractivity contribution in [2.75, 3.05) is 0 Å². The number of rotatable bonds is 4. The van der Waals surface area contributed by atoms with Crippen LogP contribution in [-0.2, 0) is 17.8 Å². The van der Waals surface area contributed by atoms with E-state index < -0.39 is 12.0 Å². The van der Waals surface area contributed by atoms with E-state index in [-0.39, 0.29) is 18.8 Å². The average molecular weight is 211 g/mol. The summed E-state index contributed by atoms with van der Waals surface area (Å²) >= 11 is 0. The third-order valence-electron chi connectivity index (χ3n) is 2.13. The summed E-state index contributed by atoms with van der Waals surface area (Å²) in [6, 6.07) is 3.72. The maximum Gasteiger partial charge on any atom is 0.320 e. The van der Waals surface area contributed by atoms with Crippen LogP contribution in [0, 0.1) is 0 Å². The van der Waals surface area contributed by atoms with Crippen LogP contribution in [0.5, 0.6) is 5.75 Å². The molecule has 1 atom stereocenters. The molecule has 0 aliphatic rings. The smallest absolute Gasteiger partial charge is 0.320 e. The van der Waals surface area contributed by atoms with E-state index in [2.05, 4.69) is 0 Å². The Balaban J connectivity index is 2.90. The second-order valence-corrected chi connectivity index (χ2v) is 3.23. The molecule has 0 saturated heterocycles. The fourth-order valence-electron chi connectivity index (χ4n) is 1.26. The van der Waals surface area contributed by atoms with Gasteiger partial charge in [-0.1, -0.05) is 18.2 Å². The number of aliphatic hydroxyl groups is 1. The van der Waals surface area contributed by atoms with Crippen molar-refractivity contribution in [3.05, 3.63) is 29.3 Å². The molecule has 0 radical (unpaired) electrons. The van der Waals surface area contributed by atoms with Gasteiger partial charge in [-0.05, 0) is 5.56 Å². The summed E-state index contributed by atoms with van der Waals surface area (Å²) in [4.78, 5) is 10.5. The number of para-hydroxylation sites is 1. The standard InChI is InChI=1S/C10H13NO4/c11-8(10(14)15)4-6-2-1-3-7(5-12)9(6)13/h1-3,8,12-13H,4-5,11H2,(H,14,15). The Kier molecular flexibility index (Phi) is 3.65. The van der Waals surface area contributed by atoms with Crippen LogP contribution >= 0.6 is 0 Å². The van der Waals surface area contributed by atoms with Gasteiger partial charge in [-0.25, -0.2) is 0 Å². The number of carboxylic acids is 1. The highest BCUT2D eigenvalue weighted by atomic mass is 16.4. The lowest BCUT2D eigenvalue weighted by atomic mass is 10.0. The van der Waals surface area contributed by atoms with E-state index in [0.717, 1.165) is 0 Å². The lowest BCUT2D eigenvalue weighted by Gasteiger charge is -2.10. The minimum atomic E-state index is -1.12. The van der Waals surface area contributed by atoms with Crippen LogP contribution in [0.25, 0.3) is 0 Å². The van der Waals surface area contributed by atoms with E-state index in [1.165, 1.54) is 0 Å². The van der Waals surface area contributed by atoms with Gasteiger partial charge in [-0.3, -0.25) is 4.79 Å². The number of carboxylic acid groups (broad SMARTS) is 1. The molecule has 0 spiro atoms. The Morgan fingerprint density at radius 3 is 2.53 bits per heavy atom. The molecule has 0 aliphatic heterocycles. The van der Waals surface area contributed by atoms with Crippen LogP contribution < -0.4 is 5.73 Å². The van der Waals surface area contributed by atoms with Crippen LogP contribution in [0.3, 0.4) is 0 Å². The van der Waals surface area contributed by atoms with Crippen molar-refractivity contribution in [2.45, 2.75) is 19.1 Å². The van der Waals surface area contributed by atoms with E-state index >= 15 is 0 Å². The largest absolute Gasteiger partial charge is 0.507 e. The molecule has 1 aromatic carbocycles. The van der Waals surface area contributed by atoms with Crippen molar-refractivity contribution in [1.82, 2.24) is 0 Å². The number of hydrogen-bond acceptors (Lipinski definition) is 4. The van der Waals surface area contributed by atoms with Gasteiger partial charge in [0.1, 0.15) is 11.8 Å². The molecule has 1 unspecified atom stereocenters. The molecule has 1 aromatic rings. The number of aliphatic hydroxyl groups excluding tert-OH is 1. The first kappa shape index (κ1) is 11.5. The molecule has 0 fully saturated rings. The molecule has 1 rings (SSSR count). The molecule has 82 valence electrons. The molecular formula is C10H13NO4. The number of hydrogen-bond donors (Lipinski definition) is 4. The molecule has 0 bridgehead atoms. The summed E-state index contributed by atoms with van der Waals surface area (Å²) in [7, 11) is 0. The number of aliphatic carboxylic acids is 1. The molecule has 15 heavy (non-hydrogen) atoms. The first-order chi connectivity index (χ1) is 7.06. The van der Waals surface area contributed by atoms with Crippen LogP contribution in [0.2, 0.25) is 0 Å². The maximum absolute atomic E-state index is 10.5. The van der Waals surface area contributed by atoms with Crippen molar-refractivity contribution in [1.29, 1.82) is 0 Å². The molecule has 5 nitrogen and oxygen atoms in total. The summed E-state index contributed by atoms with van der Waals surface area (Å²) in [5.74, 6) is -1.21. The predicted octanol–water partition coefficient (Wildman–Crippen LogP) is -0.161. The fraction of sp³-hybridized carbons (Fsp3) is 0.300. The zero-order chi connectivity index (χ0) is 11.4. The Hall–Kier alpha value is -1.59. The third kappa shape index (κ3) is 2.68. The quantitative estimate of drug-likeness (QED) is 0.554. The zero-order valence-corrected chi connectivity index (χ0v) is 8.05. The van der Waals surface area contributed by atoms with Crippen molar-refractivity contribution < 1.29 is 20.1 Å². The van der Waals surface area contributed by atoms with Gasteiger partial charge in [0, 0.05) is 12.0 Å². The van der Waals surface area contributed by atoms with Crippen LogP contribution in [0.1, 0.15) is 11.1 Å². The van der Waals surface area contributed by atoms with E-state index in [4.69, 9.17) is 15.9 Å². The average Bonchev–Trinajstić information content (AvgIpc) is 2.21. The van der Waals surface area contributed by atoms with Gasteiger partial charge < -0.3 is 21.1 Å². The van der Waals surface area contributed by atoms with Gasteiger partial charge in [0.2, 0.25) is 0 Å². The molecule has 0 aromatic heterocycles. The Morgan fingerprint density at radius 2 is 2.00 bits per heavy atom. The highest BCUT2D eigenvalue weighted by molar-refractivity contribution is 5.73. The van der Waals surface area contributed by atoms with Gasteiger partial charge in [0.15, 0.2) is 0 Å². The number of nitrogens with two attached hydrogens (primary N) is 1. The number of carbonyl (C=O) groups is 1. The first-order valence-corrected chi connectivity index (χ1v) is 4.45. The summed E-state index contributed by atoms with van der Waals surface area (Å²) < 4.78 is 0. The monoisotopic (exact) mass is 211 g/mol. The second kappa shape index (κ2) is 4.77. The molecule has 0 amide bonds. The minimum absolute atomic E-state index is 0.0367. The van der Waals surface area contributed by atoms with E-state index in [0.29, 0.717) is 11.1 Å². The molecule has 5 heteroatoms. The Bertz CT molecular complexity index is 364. The molecular weight excluding hydrogens is 198 g/mol. The zero-order valence-electron chi connectivity index (χ0n) is 8.05. The van der Waals surface area contributed by atoms with Gasteiger partial charge in [0.05, 0.1) is 6.61 Å². The first-order valence-electron chi connectivity index (χ1n) is 4.45. The van der Waals surface area contributed by atoms with Crippen LogP contribution in [0.4, 0.5) is 0 Å². The normalized spacial score (nSPS) is 12.4. The highest BCUT2D eigenvalue weighted by Crippen LogP contribution is 2.23. The van der Waals surface area contributed by atoms with Crippen molar-refractivity contribution in [2.24, 2.45) is 5.73 Å². The van der Waals surface area contributed by atoms with E-state index in [1.807, 2.05) is 0 Å². The van der Waals surface area contributed by atoms with Gasteiger partial charge >= 0.3 is 5.97 Å². The molecule has 5 N–H and O–H groups in total. The Morgan fingerprint density at radius 1 is 1.40 bits per heavy atom. The van der Waals surface area contributed by atoms with Gasteiger partial charge in [-0.15, -0.1) is 0 Å². The topological polar surface area (TPSA) is 104 Å². The third-order valence-corrected chi connectivity index (χ3v) is 2.13. The summed E-state index contributed by atoms with van der Waals surface area (Å²) in [5, 5.41) is 27.1. The SMILES string of the molecule is NC(Cc1cccc(CO)c1O)C(=O)O. The molecule has 0 saturated carbocycles. The number of aromatic hydroxyl groups is 1. The van der Waals surface area contributed by atoms with E-state index in [1.54, 1.807) is 18.2 Å². The number of phenols is 1. The summed E-state index contributed by atoms with van der Waals surface area (Å²) in [6.45, 7) is -0.290.